The first-order valence-electron chi connectivity index (χ1n) is 6.29. The third-order valence-corrected chi connectivity index (χ3v) is 307. The summed E-state index contributed by atoms with van der Waals surface area (Å²) < 4.78 is 65.2. The van der Waals surface area contributed by atoms with E-state index in [-0.39, 0.29) is 104 Å². The van der Waals surface area contributed by atoms with E-state index in [9.17, 15) is 0 Å². The van der Waals surface area contributed by atoms with Gasteiger partial charge in [0.05, 0.1) is 0 Å². The molecule has 0 spiro atoms. The zero-order valence-corrected chi connectivity index (χ0v) is 51.2. The van der Waals surface area contributed by atoms with Gasteiger partial charge < -0.3 is 7.88 Å². The molecule has 0 aliphatic carbocycles. The van der Waals surface area contributed by atoms with Crippen molar-refractivity contribution in [1.82, 2.24) is 0 Å². The fourth-order valence-corrected chi connectivity index (χ4v) is 0.354. The van der Waals surface area contributed by atoms with Crippen LogP contribution in [-0.2, 0) is 116 Å². The second-order valence-corrected chi connectivity index (χ2v) is 148. The summed E-state index contributed by atoms with van der Waals surface area (Å²) in [6.45, 7) is 0. The van der Waals surface area contributed by atoms with E-state index in [0.29, 0.717) is 26.3 Å². The first-order chi connectivity index (χ1) is 18.3. The summed E-state index contributed by atoms with van der Waals surface area (Å²) in [7, 11) is 0. The second-order valence-electron chi connectivity index (χ2n) is 1.95. The molecular formula is Al14O25Sr4. The van der Waals surface area contributed by atoms with Crippen LogP contribution in [-0.4, -0.2) is 319 Å². The summed E-state index contributed by atoms with van der Waals surface area (Å²) in [5, 5.41) is 64.6. The molecule has 0 N–H and O–H groups in total. The van der Waals surface area contributed by atoms with Crippen LogP contribution in [0.2, 0.25) is 0 Å². The van der Waals surface area contributed by atoms with Gasteiger partial charge in [-0.2, -0.15) is 0 Å². The fraction of sp³-hybridized carbons (Fsp3) is 0. The molecule has 0 aromatic rings. The summed E-state index contributed by atoms with van der Waals surface area (Å²) in [5.41, 5.74) is 0. The zero-order valence-electron chi connectivity index (χ0n) is 21.1. The van der Waals surface area contributed by atoms with Crippen LogP contribution in [0.4, 0.5) is 0 Å². The number of hydrogen-bond acceptors (Lipinski definition) is 23. The van der Waals surface area contributed by atoms with Crippen LogP contribution in [0.3, 0.4) is 0 Å². The molecule has 0 unspecified atom stereocenters. The van der Waals surface area contributed by atoms with Gasteiger partial charge in [-0.15, -0.1) is 0 Å². The van der Waals surface area contributed by atoms with E-state index in [0.717, 1.165) is 0 Å². The normalized spacial score (nSPS) is 5.51. The second kappa shape index (κ2) is 159. The standard InChI is InChI=1S/14Al.2HO9.7O.4Sr/c;;;;;;;;;;;;;;2*1-3-5-7-9-8-6-4-2;;;;;;;;;;;/h;;;;;;;;;;;;;;2*1H;;;;;;;;;;;/q;;;;;;;;;;;;;+2;;;;;;;;;;;;;/p-2. The molecule has 0 atom stereocenters. The SMILES string of the molecule is [Al].[Al].[Al].[Al].[Al].[Al].[O]=[Al].[O]=[Al].[O]=[Al].[O]=[Al].[O]=[Al].[O]=[Al].[O]=[Al].[O]OOOOOOO[O][Al][O]OOOOOOO[O].[Sr][Sr][Sr][Sr]. The number of hydrogen-bond donors (Lipinski definition) is 0. The van der Waals surface area contributed by atoms with E-state index in [1.54, 1.807) is 58.6 Å². The third-order valence-electron chi connectivity index (χ3n) is 0.740. The van der Waals surface area contributed by atoms with Crippen LogP contribution in [0.15, 0.2) is 0 Å². The molecule has 0 fully saturated rings. The van der Waals surface area contributed by atoms with Crippen molar-refractivity contribution in [2.75, 3.05) is 0 Å². The molecule has 30 radical (unpaired) electrons. The Bertz CT molecular complexity index is 263. The van der Waals surface area contributed by atoms with Crippen molar-refractivity contribution in [3.8, 4) is 0 Å². The first-order valence-corrected chi connectivity index (χ1v) is 61.5. The van der Waals surface area contributed by atoms with E-state index in [1.807, 2.05) is 0 Å². The Morgan fingerprint density at radius 3 is 0.674 bits per heavy atom. The molecule has 0 aromatic carbocycles. The predicted octanol–water partition coefficient (Wildman–Crippen LogP) is -9.02. The van der Waals surface area contributed by atoms with Gasteiger partial charge in [0.1, 0.15) is 0 Å². The van der Waals surface area contributed by atoms with Gasteiger partial charge in [0.25, 0.3) is 0 Å². The summed E-state index contributed by atoms with van der Waals surface area (Å²) in [6.07, 6.45) is 0. The first kappa shape index (κ1) is 99.9. The van der Waals surface area contributed by atoms with Gasteiger partial charge in [-0.1, -0.05) is 10.1 Å². The van der Waals surface area contributed by atoms with E-state index >= 15 is 0 Å². The Balaban J connectivity index is -0.0000000215. The summed E-state index contributed by atoms with van der Waals surface area (Å²) in [4.78, 5) is 0. The van der Waals surface area contributed by atoms with E-state index in [4.69, 9.17) is 37.1 Å². The van der Waals surface area contributed by atoms with E-state index in [1.165, 1.54) is 114 Å². The Hall–Kier alpha value is 11.3. The molecule has 0 saturated carbocycles. The van der Waals surface area contributed by atoms with Gasteiger partial charge in [0.2, 0.25) is 0 Å². The van der Waals surface area contributed by atoms with Crippen molar-refractivity contribution in [1.29, 1.82) is 0 Å². The maximum absolute atomic E-state index is 9.09. The average molecular weight is 1130 g/mol. The third kappa shape index (κ3) is 175. The van der Waals surface area contributed by atoms with Crippen molar-refractivity contribution in [3.63, 3.8) is 0 Å². The Morgan fingerprint density at radius 1 is 0.349 bits per heavy atom. The molecule has 0 aromatic heterocycles. The Morgan fingerprint density at radius 2 is 0.512 bits per heavy atom. The molecule has 0 heterocycles. The molecule has 200 valence electrons. The summed E-state index contributed by atoms with van der Waals surface area (Å²) >= 11 is 10.7. The van der Waals surface area contributed by atoms with Gasteiger partial charge in [0.15, 0.2) is 0 Å². The minimum absolute atomic E-state index is 0. The topological polar surface area (TPSA) is 307 Å². The van der Waals surface area contributed by atoms with Crippen molar-refractivity contribution >= 4 is 319 Å². The van der Waals surface area contributed by atoms with Gasteiger partial charge in [-0.05, 0) is 71.0 Å². The van der Waals surface area contributed by atoms with Crippen molar-refractivity contribution in [2.45, 2.75) is 0 Å². The molecule has 0 aliphatic heterocycles. The molecule has 0 bridgehead atoms. The molecule has 0 aliphatic rings. The maximum atomic E-state index is 9.09. The molecule has 25 nitrogen and oxygen atoms in total. The average Bonchev–Trinajstić information content (AvgIpc) is 3.02. The van der Waals surface area contributed by atoms with Crippen LogP contribution in [0.25, 0.3) is 0 Å². The van der Waals surface area contributed by atoms with Crippen LogP contribution < -0.4 is 0 Å². The molecule has 43 heavy (non-hydrogen) atoms. The fourth-order valence-electron chi connectivity index (χ4n) is 0.194. The van der Waals surface area contributed by atoms with Gasteiger partial charge in [-0.3, -0.25) is 0 Å². The summed E-state index contributed by atoms with van der Waals surface area (Å²) in [5.74, 6) is 0. The Kier molecular flexibility index (Phi) is 369. The van der Waals surface area contributed by atoms with Gasteiger partial charge in [0, 0.05) is 104 Å². The molecule has 0 amide bonds. The van der Waals surface area contributed by atoms with Crippen molar-refractivity contribution in [3.05, 3.63) is 0 Å². The predicted molar refractivity (Wildman–Crippen MR) is 127 cm³/mol. The monoisotopic (exact) mass is 1130 g/mol. The van der Waals surface area contributed by atoms with E-state index in [2.05, 4.69) is 78.4 Å². The summed E-state index contributed by atoms with van der Waals surface area (Å²) in [6, 6.07) is 0. The molecular weight excluding hydrogens is 1130 g/mol. The minimum atomic E-state index is -1.47. The molecule has 0 saturated heterocycles. The van der Waals surface area contributed by atoms with Crippen LogP contribution >= 0.6 is 0 Å². The van der Waals surface area contributed by atoms with E-state index < -0.39 is 15.9 Å². The zero-order chi connectivity index (χ0) is 31.4. The van der Waals surface area contributed by atoms with Crippen LogP contribution in [0.5, 0.6) is 0 Å². The van der Waals surface area contributed by atoms with Crippen LogP contribution in [0, 0.1) is 0 Å². The van der Waals surface area contributed by atoms with Crippen molar-refractivity contribution < 1.29 is 116 Å². The van der Waals surface area contributed by atoms with Crippen LogP contribution in [0.1, 0.15) is 0 Å². The van der Waals surface area contributed by atoms with Gasteiger partial charge >= 0.3 is 241 Å². The quantitative estimate of drug-likeness (QED) is 0.0565. The Labute approximate surface area is 420 Å². The number of rotatable bonds is 17. The molecule has 43 heteroatoms. The van der Waals surface area contributed by atoms with Crippen molar-refractivity contribution in [2.24, 2.45) is 0 Å². The van der Waals surface area contributed by atoms with Gasteiger partial charge in [-0.25, -0.2) is 0 Å². The molecule has 0 rings (SSSR count).